The average Bonchev–Trinajstić information content (AvgIpc) is 2.91. The number of nitrogens with zero attached hydrogens (tertiary/aromatic N) is 1. The van der Waals surface area contributed by atoms with E-state index in [0.717, 1.165) is 35.5 Å². The number of hydrogen-bond donors (Lipinski definition) is 0. The standard InChI is InChI=1S/C19H27NO4/c1-5-23-17-13-16-11-14(2)24-18(16)12-15(17)7-8-19(21)20(3)9-6-10-22-4/h7-8,12-14H,5-6,9-11H2,1-4H3/b8-7+. The lowest BCUT2D eigenvalue weighted by Gasteiger charge is -2.15. The third-order valence-electron chi connectivity index (χ3n) is 3.95. The molecule has 5 heteroatoms. The van der Waals surface area contributed by atoms with Gasteiger partial charge in [-0.15, -0.1) is 0 Å². The second-order valence-electron chi connectivity index (χ2n) is 6.00. The maximum Gasteiger partial charge on any atom is 0.246 e. The normalized spacial score (nSPS) is 16.1. The number of carbonyl (C=O) groups excluding carboxylic acids is 1. The topological polar surface area (TPSA) is 48.0 Å². The first-order valence-corrected chi connectivity index (χ1v) is 8.43. The Kier molecular flexibility index (Phi) is 6.67. The second-order valence-corrected chi connectivity index (χ2v) is 6.00. The molecule has 0 aliphatic carbocycles. The summed E-state index contributed by atoms with van der Waals surface area (Å²) in [5, 5.41) is 0. The molecule has 1 heterocycles. The van der Waals surface area contributed by atoms with Gasteiger partial charge in [0, 0.05) is 50.9 Å². The molecule has 1 atom stereocenters. The molecule has 1 amide bonds. The molecular formula is C19H27NO4. The van der Waals surface area contributed by atoms with Crippen molar-refractivity contribution >= 4 is 12.0 Å². The lowest BCUT2D eigenvalue weighted by Crippen LogP contribution is -2.26. The second kappa shape index (κ2) is 8.73. The Morgan fingerprint density at radius 2 is 2.25 bits per heavy atom. The van der Waals surface area contributed by atoms with Crippen LogP contribution in [-0.4, -0.2) is 50.8 Å². The van der Waals surface area contributed by atoms with Gasteiger partial charge in [0.2, 0.25) is 5.91 Å². The maximum atomic E-state index is 12.2. The highest BCUT2D eigenvalue weighted by atomic mass is 16.5. The zero-order valence-electron chi connectivity index (χ0n) is 15.0. The minimum atomic E-state index is -0.0386. The van der Waals surface area contributed by atoms with Gasteiger partial charge in [0.05, 0.1) is 6.61 Å². The van der Waals surface area contributed by atoms with E-state index in [1.807, 2.05) is 26.0 Å². The van der Waals surface area contributed by atoms with Crippen LogP contribution in [0.25, 0.3) is 6.08 Å². The van der Waals surface area contributed by atoms with E-state index in [-0.39, 0.29) is 12.0 Å². The van der Waals surface area contributed by atoms with E-state index in [0.29, 0.717) is 19.8 Å². The van der Waals surface area contributed by atoms with E-state index >= 15 is 0 Å². The summed E-state index contributed by atoms with van der Waals surface area (Å²) in [5.74, 6) is 1.63. The molecule has 5 nitrogen and oxygen atoms in total. The quantitative estimate of drug-likeness (QED) is 0.542. The van der Waals surface area contributed by atoms with Crippen molar-refractivity contribution in [3.05, 3.63) is 29.3 Å². The van der Waals surface area contributed by atoms with E-state index in [2.05, 4.69) is 0 Å². The van der Waals surface area contributed by atoms with Crippen molar-refractivity contribution in [2.45, 2.75) is 32.8 Å². The van der Waals surface area contributed by atoms with Crippen molar-refractivity contribution in [3.63, 3.8) is 0 Å². The molecule has 1 aliphatic heterocycles. The average molecular weight is 333 g/mol. The number of fused-ring (bicyclic) bond motifs is 1. The molecule has 132 valence electrons. The van der Waals surface area contributed by atoms with Crippen LogP contribution >= 0.6 is 0 Å². The minimum absolute atomic E-state index is 0.0386. The molecule has 0 fully saturated rings. The highest BCUT2D eigenvalue weighted by Crippen LogP contribution is 2.35. The molecule has 0 aromatic heterocycles. The summed E-state index contributed by atoms with van der Waals surface area (Å²) < 4.78 is 16.5. The fourth-order valence-corrected chi connectivity index (χ4v) is 2.71. The van der Waals surface area contributed by atoms with Crippen LogP contribution in [0.1, 0.15) is 31.4 Å². The molecule has 2 rings (SSSR count). The predicted molar refractivity (Wildman–Crippen MR) is 94.6 cm³/mol. The number of amides is 1. The van der Waals surface area contributed by atoms with Crippen LogP contribution in [0.15, 0.2) is 18.2 Å². The fraction of sp³-hybridized carbons (Fsp3) is 0.526. The summed E-state index contributed by atoms with van der Waals surface area (Å²) in [4.78, 5) is 13.9. The predicted octanol–water partition coefficient (Wildman–Crippen LogP) is 2.92. The monoisotopic (exact) mass is 333 g/mol. The Hall–Kier alpha value is -2.01. The summed E-state index contributed by atoms with van der Waals surface area (Å²) in [6.07, 6.45) is 5.27. The summed E-state index contributed by atoms with van der Waals surface area (Å²) >= 11 is 0. The summed E-state index contributed by atoms with van der Waals surface area (Å²) in [7, 11) is 3.45. The molecule has 24 heavy (non-hydrogen) atoms. The van der Waals surface area contributed by atoms with Gasteiger partial charge in [-0.25, -0.2) is 0 Å². The molecular weight excluding hydrogens is 306 g/mol. The van der Waals surface area contributed by atoms with Crippen molar-refractivity contribution in [2.24, 2.45) is 0 Å². The van der Waals surface area contributed by atoms with Crippen molar-refractivity contribution in [1.82, 2.24) is 4.90 Å². The molecule has 0 bridgehead atoms. The molecule has 1 aromatic carbocycles. The lowest BCUT2D eigenvalue weighted by atomic mass is 10.1. The Morgan fingerprint density at radius 3 is 2.96 bits per heavy atom. The van der Waals surface area contributed by atoms with Gasteiger partial charge in [0.25, 0.3) is 0 Å². The van der Waals surface area contributed by atoms with Crippen molar-refractivity contribution < 1.29 is 19.0 Å². The zero-order chi connectivity index (χ0) is 17.5. The van der Waals surface area contributed by atoms with Crippen LogP contribution in [0.3, 0.4) is 0 Å². The highest BCUT2D eigenvalue weighted by molar-refractivity contribution is 5.92. The van der Waals surface area contributed by atoms with Gasteiger partial charge >= 0.3 is 0 Å². The third kappa shape index (κ3) is 4.74. The van der Waals surface area contributed by atoms with Crippen LogP contribution in [0.4, 0.5) is 0 Å². The van der Waals surface area contributed by atoms with Crippen LogP contribution in [0.5, 0.6) is 11.5 Å². The summed E-state index contributed by atoms with van der Waals surface area (Å²) in [5.41, 5.74) is 2.02. The van der Waals surface area contributed by atoms with Gasteiger partial charge < -0.3 is 19.1 Å². The van der Waals surface area contributed by atoms with Crippen molar-refractivity contribution in [1.29, 1.82) is 0 Å². The number of benzene rings is 1. The smallest absolute Gasteiger partial charge is 0.246 e. The van der Waals surface area contributed by atoms with Gasteiger partial charge in [-0.2, -0.15) is 0 Å². The third-order valence-corrected chi connectivity index (χ3v) is 3.95. The van der Waals surface area contributed by atoms with Gasteiger partial charge in [0.1, 0.15) is 17.6 Å². The van der Waals surface area contributed by atoms with Gasteiger partial charge in [0.15, 0.2) is 0 Å². The van der Waals surface area contributed by atoms with E-state index in [1.54, 1.807) is 31.2 Å². The molecule has 1 unspecified atom stereocenters. The molecule has 0 spiro atoms. The lowest BCUT2D eigenvalue weighted by molar-refractivity contribution is -0.124. The van der Waals surface area contributed by atoms with Crippen LogP contribution < -0.4 is 9.47 Å². The first-order chi connectivity index (χ1) is 11.5. The van der Waals surface area contributed by atoms with E-state index in [1.165, 1.54) is 0 Å². The highest BCUT2D eigenvalue weighted by Gasteiger charge is 2.21. The minimum Gasteiger partial charge on any atom is -0.493 e. The molecule has 1 aliphatic rings. The van der Waals surface area contributed by atoms with Crippen LogP contribution in [-0.2, 0) is 16.0 Å². The largest absolute Gasteiger partial charge is 0.493 e. The number of methoxy groups -OCH3 is 1. The molecule has 0 radical (unpaired) electrons. The van der Waals surface area contributed by atoms with E-state index < -0.39 is 0 Å². The molecule has 0 saturated carbocycles. The Balaban J connectivity index is 2.10. The Labute approximate surface area is 144 Å². The number of hydrogen-bond acceptors (Lipinski definition) is 4. The number of likely N-dealkylation sites (N-methyl/N-ethyl adjacent to an activating group) is 1. The summed E-state index contributed by atoms with van der Waals surface area (Å²) in [6.45, 7) is 5.90. The molecule has 0 N–H and O–H groups in total. The maximum absolute atomic E-state index is 12.2. The van der Waals surface area contributed by atoms with Gasteiger partial charge in [-0.05, 0) is 38.5 Å². The molecule has 0 saturated heterocycles. The van der Waals surface area contributed by atoms with Crippen molar-refractivity contribution in [2.75, 3.05) is 33.9 Å². The van der Waals surface area contributed by atoms with Gasteiger partial charge in [-0.3, -0.25) is 4.79 Å². The number of rotatable bonds is 8. The molecule has 1 aromatic rings. The van der Waals surface area contributed by atoms with Crippen LogP contribution in [0.2, 0.25) is 0 Å². The fourth-order valence-electron chi connectivity index (χ4n) is 2.71. The first-order valence-electron chi connectivity index (χ1n) is 8.43. The number of ether oxygens (including phenoxy) is 3. The summed E-state index contributed by atoms with van der Waals surface area (Å²) in [6, 6.07) is 3.98. The van der Waals surface area contributed by atoms with Crippen molar-refractivity contribution in [3.8, 4) is 11.5 Å². The van der Waals surface area contributed by atoms with Crippen LogP contribution in [0, 0.1) is 0 Å². The van der Waals surface area contributed by atoms with Gasteiger partial charge in [-0.1, -0.05) is 0 Å². The Bertz CT molecular complexity index is 597. The van der Waals surface area contributed by atoms with E-state index in [4.69, 9.17) is 14.2 Å². The number of carbonyl (C=O) groups is 1. The first kappa shape index (κ1) is 18.3. The SMILES string of the molecule is CCOc1cc2c(cc1/C=C/C(=O)N(C)CCCOC)OC(C)C2. The Morgan fingerprint density at radius 1 is 1.46 bits per heavy atom. The zero-order valence-corrected chi connectivity index (χ0v) is 15.0. The van der Waals surface area contributed by atoms with E-state index in [9.17, 15) is 4.79 Å².